The van der Waals surface area contributed by atoms with Gasteiger partial charge in [-0.2, -0.15) is 0 Å². The molecule has 198 valence electrons. The molecule has 0 N–H and O–H groups in total. The second-order valence-electron chi connectivity index (χ2n) is 16.4. The van der Waals surface area contributed by atoms with Gasteiger partial charge in [-0.15, -0.1) is 0 Å². The van der Waals surface area contributed by atoms with E-state index in [-0.39, 0.29) is 28.3 Å². The van der Waals surface area contributed by atoms with Gasteiger partial charge in [-0.05, 0) is 109 Å². The molecule has 0 aromatic heterocycles. The van der Waals surface area contributed by atoms with Crippen molar-refractivity contribution in [3.05, 3.63) is 11.6 Å². The van der Waals surface area contributed by atoms with Crippen molar-refractivity contribution in [3.8, 4) is 0 Å². The average molecular weight is 483 g/mol. The predicted octanol–water partition coefficient (Wildman–Crippen LogP) is 9.13. The molecule has 2 heteroatoms. The van der Waals surface area contributed by atoms with Gasteiger partial charge in [0.15, 0.2) is 0 Å². The summed E-state index contributed by atoms with van der Waals surface area (Å²) in [6.07, 6.45) is 15.7. The molecule has 2 nitrogen and oxygen atoms in total. The summed E-state index contributed by atoms with van der Waals surface area (Å²) in [4.78, 5) is 11.9. The molecule has 5 rings (SSSR count). The van der Waals surface area contributed by atoms with Crippen molar-refractivity contribution in [3.63, 3.8) is 0 Å². The monoisotopic (exact) mass is 482 g/mol. The Balaban J connectivity index is 1.58. The van der Waals surface area contributed by atoms with Gasteiger partial charge in [0.1, 0.15) is 6.10 Å². The highest BCUT2D eigenvalue weighted by atomic mass is 16.5. The number of carbonyl (C=O) groups excluding carboxylic acids is 1. The Labute approximate surface area is 216 Å². The van der Waals surface area contributed by atoms with Crippen molar-refractivity contribution in [2.45, 2.75) is 140 Å². The molecule has 0 aliphatic heterocycles. The first-order valence-electron chi connectivity index (χ1n) is 14.8. The lowest BCUT2D eigenvalue weighted by molar-refractivity contribution is -0.252. The summed E-state index contributed by atoms with van der Waals surface area (Å²) in [7, 11) is 0. The second-order valence-corrected chi connectivity index (χ2v) is 16.4. The fourth-order valence-electron chi connectivity index (χ4n) is 11.3. The van der Waals surface area contributed by atoms with Gasteiger partial charge < -0.3 is 4.74 Å². The minimum atomic E-state index is -0.114. The third-order valence-corrected chi connectivity index (χ3v) is 14.3. The SMILES string of the molecule is CC(=O)OC1CCC2(C)C(CCC3(C)C4(C)CCC5(C)CCC(C)(C)CC5C4=CCC23C)C1(C)C. The van der Waals surface area contributed by atoms with Crippen LogP contribution in [0, 0.1) is 49.7 Å². The summed E-state index contributed by atoms with van der Waals surface area (Å²) in [6.45, 7) is 24.8. The molecule has 4 fully saturated rings. The fraction of sp³-hybridized carbons (Fsp3) is 0.909. The van der Waals surface area contributed by atoms with Gasteiger partial charge in [-0.1, -0.05) is 74.0 Å². The Bertz CT molecular complexity index is 943. The lowest BCUT2D eigenvalue weighted by Crippen LogP contribution is -2.69. The smallest absolute Gasteiger partial charge is 0.302 e. The topological polar surface area (TPSA) is 26.3 Å². The van der Waals surface area contributed by atoms with Crippen molar-refractivity contribution < 1.29 is 9.53 Å². The first kappa shape index (κ1) is 25.8. The van der Waals surface area contributed by atoms with Gasteiger partial charge in [0.2, 0.25) is 0 Å². The van der Waals surface area contributed by atoms with Crippen LogP contribution in [0.1, 0.15) is 133 Å². The van der Waals surface area contributed by atoms with Crippen molar-refractivity contribution in [1.82, 2.24) is 0 Å². The summed E-state index contributed by atoms with van der Waals surface area (Å²) in [5, 5.41) is 0. The molecule has 8 unspecified atom stereocenters. The Morgan fingerprint density at radius 3 is 2.14 bits per heavy atom. The molecule has 0 bridgehead atoms. The van der Waals surface area contributed by atoms with E-state index in [1.165, 1.54) is 57.8 Å². The summed E-state index contributed by atoms with van der Waals surface area (Å²) in [6, 6.07) is 0. The van der Waals surface area contributed by atoms with E-state index in [2.05, 4.69) is 68.4 Å². The van der Waals surface area contributed by atoms with E-state index >= 15 is 0 Å². The molecule has 0 amide bonds. The maximum Gasteiger partial charge on any atom is 0.302 e. The fourth-order valence-corrected chi connectivity index (χ4v) is 11.3. The number of hydrogen-bond acceptors (Lipinski definition) is 2. The molecule has 0 aromatic rings. The van der Waals surface area contributed by atoms with Crippen LogP contribution in [0.3, 0.4) is 0 Å². The molecular formula is C33H54O2. The number of fused-ring (bicyclic) bond motifs is 7. The van der Waals surface area contributed by atoms with Crippen LogP contribution in [0.5, 0.6) is 0 Å². The van der Waals surface area contributed by atoms with Crippen molar-refractivity contribution in [2.24, 2.45) is 49.7 Å². The summed E-state index contributed by atoms with van der Waals surface area (Å²) in [5.41, 5.74) is 3.96. The zero-order chi connectivity index (χ0) is 25.9. The van der Waals surface area contributed by atoms with Crippen molar-refractivity contribution >= 4 is 5.97 Å². The number of ether oxygens (including phenoxy) is 1. The zero-order valence-electron chi connectivity index (χ0n) is 24.7. The molecular weight excluding hydrogens is 428 g/mol. The van der Waals surface area contributed by atoms with Crippen LogP contribution in [0.25, 0.3) is 0 Å². The van der Waals surface area contributed by atoms with Crippen molar-refractivity contribution in [2.75, 3.05) is 0 Å². The molecule has 0 aromatic carbocycles. The van der Waals surface area contributed by atoms with Crippen LogP contribution >= 0.6 is 0 Å². The molecule has 35 heavy (non-hydrogen) atoms. The van der Waals surface area contributed by atoms with Gasteiger partial charge in [-0.25, -0.2) is 0 Å². The lowest BCUT2D eigenvalue weighted by atomic mass is 9.29. The third kappa shape index (κ3) is 3.16. The van der Waals surface area contributed by atoms with Gasteiger partial charge in [0.05, 0.1) is 0 Å². The molecule has 4 saturated carbocycles. The standard InChI is InChI=1S/C33H54O2/c1-22(34)35-26-13-14-31(8)25(28(26,4)5)12-16-32(9)30(7)20-19-29(6)18-17-27(2,3)21-24(29)23(30)11-15-33(31,32)10/h11,24-26H,12-21H2,1-10H3. The normalized spacial score (nSPS) is 52.2. The minimum Gasteiger partial charge on any atom is -0.462 e. The van der Waals surface area contributed by atoms with Crippen LogP contribution in [0.15, 0.2) is 11.6 Å². The first-order chi connectivity index (χ1) is 16.0. The van der Waals surface area contributed by atoms with Gasteiger partial charge in [0.25, 0.3) is 0 Å². The lowest BCUT2D eigenvalue weighted by Gasteiger charge is -2.75. The van der Waals surface area contributed by atoms with Crippen LogP contribution in [-0.4, -0.2) is 12.1 Å². The number of hydrogen-bond donors (Lipinski definition) is 0. The van der Waals surface area contributed by atoms with E-state index in [4.69, 9.17) is 4.74 Å². The quantitative estimate of drug-likeness (QED) is 0.275. The van der Waals surface area contributed by atoms with Crippen LogP contribution < -0.4 is 0 Å². The molecule has 0 radical (unpaired) electrons. The molecule has 0 spiro atoms. The highest BCUT2D eigenvalue weighted by molar-refractivity contribution is 5.66. The third-order valence-electron chi connectivity index (χ3n) is 14.3. The Morgan fingerprint density at radius 2 is 1.49 bits per heavy atom. The van der Waals surface area contributed by atoms with Crippen LogP contribution in [0.4, 0.5) is 0 Å². The predicted molar refractivity (Wildman–Crippen MR) is 145 cm³/mol. The van der Waals surface area contributed by atoms with Gasteiger partial charge in [-0.3, -0.25) is 4.79 Å². The average Bonchev–Trinajstić information content (AvgIpc) is 2.74. The maximum atomic E-state index is 11.9. The second kappa shape index (κ2) is 7.41. The number of carbonyl (C=O) groups is 1. The van der Waals surface area contributed by atoms with E-state index < -0.39 is 0 Å². The summed E-state index contributed by atoms with van der Waals surface area (Å²) >= 11 is 0. The van der Waals surface area contributed by atoms with Crippen molar-refractivity contribution in [1.29, 1.82) is 0 Å². The van der Waals surface area contributed by atoms with E-state index in [0.717, 1.165) is 12.3 Å². The van der Waals surface area contributed by atoms with Crippen LogP contribution in [0.2, 0.25) is 0 Å². The number of esters is 1. The van der Waals surface area contributed by atoms with E-state index in [0.29, 0.717) is 27.6 Å². The Hall–Kier alpha value is -0.790. The first-order valence-corrected chi connectivity index (χ1v) is 14.8. The number of rotatable bonds is 1. The highest BCUT2D eigenvalue weighted by Crippen LogP contribution is 2.80. The van der Waals surface area contributed by atoms with E-state index in [9.17, 15) is 4.79 Å². The van der Waals surface area contributed by atoms with Gasteiger partial charge in [0, 0.05) is 12.3 Å². The summed E-state index contributed by atoms with van der Waals surface area (Å²) < 4.78 is 5.94. The molecule has 0 saturated heterocycles. The van der Waals surface area contributed by atoms with E-state index in [1.54, 1.807) is 6.92 Å². The van der Waals surface area contributed by atoms with E-state index in [1.807, 2.05) is 5.57 Å². The molecule has 8 atom stereocenters. The van der Waals surface area contributed by atoms with Gasteiger partial charge >= 0.3 is 5.97 Å². The minimum absolute atomic E-state index is 0.0203. The highest BCUT2D eigenvalue weighted by Gasteiger charge is 2.72. The molecule has 0 heterocycles. The Morgan fingerprint density at radius 1 is 0.829 bits per heavy atom. The Kier molecular flexibility index (Phi) is 5.47. The molecule has 5 aliphatic carbocycles. The maximum absolute atomic E-state index is 11.9. The zero-order valence-corrected chi connectivity index (χ0v) is 24.7. The number of allylic oxidation sites excluding steroid dienone is 2. The van der Waals surface area contributed by atoms with Crippen LogP contribution in [-0.2, 0) is 9.53 Å². The summed E-state index contributed by atoms with van der Waals surface area (Å²) in [5.74, 6) is 1.23. The largest absolute Gasteiger partial charge is 0.462 e. The molecule has 5 aliphatic rings.